The van der Waals surface area contributed by atoms with E-state index in [0.29, 0.717) is 6.54 Å². The Morgan fingerprint density at radius 2 is 1.47 bits per heavy atom. The Morgan fingerprint density at radius 1 is 0.837 bits per heavy atom. The van der Waals surface area contributed by atoms with Gasteiger partial charge in [0, 0.05) is 16.7 Å². The number of aliphatic hydroxyl groups excluding tert-OH is 1. The Kier molecular flexibility index (Phi) is 13.6. The fourth-order valence-corrected chi connectivity index (χ4v) is 6.19. The number of carbonyl (C=O) groups is 3. The van der Waals surface area contributed by atoms with E-state index in [1.54, 1.807) is 0 Å². The molecule has 0 heterocycles. The van der Waals surface area contributed by atoms with Gasteiger partial charge in [0.05, 0.1) is 17.7 Å². The molecule has 3 aromatic rings. The highest BCUT2D eigenvalue weighted by Gasteiger charge is 2.32. The summed E-state index contributed by atoms with van der Waals surface area (Å²) in [6, 6.07) is 22.4. The summed E-state index contributed by atoms with van der Waals surface area (Å²) in [6.07, 6.45) is -1.27. The molecule has 2 atom stereocenters. The van der Waals surface area contributed by atoms with Gasteiger partial charge in [-0.05, 0) is 55.0 Å². The summed E-state index contributed by atoms with van der Waals surface area (Å²) in [7, 11) is 0. The van der Waals surface area contributed by atoms with Gasteiger partial charge in [0.2, 0.25) is 11.8 Å². The lowest BCUT2D eigenvalue weighted by Gasteiger charge is -2.30. The van der Waals surface area contributed by atoms with Crippen LogP contribution in [0.5, 0.6) is 0 Å². The molecule has 0 aliphatic heterocycles. The SMILES string of the molecule is Cc1ccccc1CNC(=O)CN(CSC(C)C)C(=O)[C@@H](O)[C@H](Cc1ccccc1)NC(=O)CSc1c(C)cccc1C. The van der Waals surface area contributed by atoms with Crippen molar-refractivity contribution in [3.05, 3.63) is 101 Å². The number of carbonyl (C=O) groups excluding carboxylic acids is 3. The lowest BCUT2D eigenvalue weighted by atomic mass is 10.00. The molecule has 3 N–H and O–H groups in total. The fourth-order valence-electron chi connectivity index (χ4n) is 4.54. The van der Waals surface area contributed by atoms with Crippen LogP contribution in [0.2, 0.25) is 0 Å². The highest BCUT2D eigenvalue weighted by Crippen LogP contribution is 2.26. The predicted molar refractivity (Wildman–Crippen MR) is 177 cm³/mol. The monoisotopic (exact) mass is 621 g/mol. The first-order valence-electron chi connectivity index (χ1n) is 14.5. The molecule has 0 fully saturated rings. The van der Waals surface area contributed by atoms with E-state index in [1.807, 2.05) is 107 Å². The highest BCUT2D eigenvalue weighted by molar-refractivity contribution is 8.00. The van der Waals surface area contributed by atoms with Gasteiger partial charge in [-0.25, -0.2) is 0 Å². The largest absolute Gasteiger partial charge is 0.381 e. The van der Waals surface area contributed by atoms with E-state index in [9.17, 15) is 19.5 Å². The zero-order valence-electron chi connectivity index (χ0n) is 25.6. The van der Waals surface area contributed by atoms with Gasteiger partial charge in [0.1, 0.15) is 6.54 Å². The van der Waals surface area contributed by atoms with Gasteiger partial charge in [-0.15, -0.1) is 23.5 Å². The second kappa shape index (κ2) is 17.1. The van der Waals surface area contributed by atoms with Crippen LogP contribution in [-0.2, 0) is 27.3 Å². The van der Waals surface area contributed by atoms with Crippen molar-refractivity contribution < 1.29 is 19.5 Å². The third kappa shape index (κ3) is 11.1. The minimum atomic E-state index is -1.54. The molecule has 3 amide bonds. The molecule has 0 aliphatic rings. The number of amides is 3. The van der Waals surface area contributed by atoms with Crippen LogP contribution in [-0.4, -0.2) is 63.3 Å². The van der Waals surface area contributed by atoms with Crippen LogP contribution < -0.4 is 10.6 Å². The smallest absolute Gasteiger partial charge is 0.254 e. The molecule has 230 valence electrons. The number of hydrogen-bond donors (Lipinski definition) is 3. The van der Waals surface area contributed by atoms with Crippen LogP contribution in [0.3, 0.4) is 0 Å². The van der Waals surface area contributed by atoms with Gasteiger partial charge < -0.3 is 20.6 Å². The lowest BCUT2D eigenvalue weighted by Crippen LogP contribution is -2.54. The van der Waals surface area contributed by atoms with Crippen molar-refractivity contribution in [1.82, 2.24) is 15.5 Å². The minimum absolute atomic E-state index is 0.145. The van der Waals surface area contributed by atoms with Crippen LogP contribution in [0.4, 0.5) is 0 Å². The van der Waals surface area contributed by atoms with E-state index in [-0.39, 0.29) is 41.7 Å². The standard InChI is InChI=1S/C34H43N3O4S2/c1-23(2)43-22-37(20-30(38)35-19-28-17-10-9-12-24(28)3)34(41)32(40)29(18-27-15-7-6-8-16-27)36-31(39)21-42-33-25(4)13-11-14-26(33)5/h6-17,23,29,32,40H,18-22H2,1-5H3,(H,35,38)(H,36,39)/t29-,32-/m0/s1. The quantitative estimate of drug-likeness (QED) is 0.163. The number of aryl methyl sites for hydroxylation is 3. The number of aliphatic hydroxyl groups is 1. The Bertz CT molecular complexity index is 1350. The van der Waals surface area contributed by atoms with Crippen LogP contribution in [0.15, 0.2) is 77.7 Å². The van der Waals surface area contributed by atoms with Gasteiger partial charge in [-0.2, -0.15) is 0 Å². The van der Waals surface area contributed by atoms with Crippen molar-refractivity contribution in [1.29, 1.82) is 0 Å². The molecule has 43 heavy (non-hydrogen) atoms. The van der Waals surface area contributed by atoms with E-state index in [4.69, 9.17) is 0 Å². The minimum Gasteiger partial charge on any atom is -0.381 e. The summed E-state index contributed by atoms with van der Waals surface area (Å²) < 4.78 is 0. The fraction of sp³-hybridized carbons (Fsp3) is 0.382. The first-order valence-corrected chi connectivity index (χ1v) is 16.5. The lowest BCUT2D eigenvalue weighted by molar-refractivity contribution is -0.144. The molecule has 0 unspecified atom stereocenters. The predicted octanol–water partition coefficient (Wildman–Crippen LogP) is 5.04. The zero-order chi connectivity index (χ0) is 31.4. The maximum Gasteiger partial charge on any atom is 0.254 e. The molecule has 0 bridgehead atoms. The molecule has 0 saturated heterocycles. The first-order chi connectivity index (χ1) is 20.5. The van der Waals surface area contributed by atoms with Crippen molar-refractivity contribution in [3.8, 4) is 0 Å². The molecule has 9 heteroatoms. The molecule has 0 radical (unpaired) electrons. The van der Waals surface area contributed by atoms with E-state index >= 15 is 0 Å². The number of benzene rings is 3. The highest BCUT2D eigenvalue weighted by atomic mass is 32.2. The van der Waals surface area contributed by atoms with Crippen LogP contribution in [0.25, 0.3) is 0 Å². The Morgan fingerprint density at radius 3 is 2.12 bits per heavy atom. The topological polar surface area (TPSA) is 98.7 Å². The van der Waals surface area contributed by atoms with Gasteiger partial charge in [0.25, 0.3) is 5.91 Å². The average molecular weight is 622 g/mol. The van der Waals surface area contributed by atoms with Crippen LogP contribution in [0.1, 0.15) is 41.7 Å². The first kappa shape index (κ1) is 34.2. The third-order valence-electron chi connectivity index (χ3n) is 6.98. The van der Waals surface area contributed by atoms with E-state index in [1.165, 1.54) is 28.4 Å². The van der Waals surface area contributed by atoms with Crippen LogP contribution >= 0.6 is 23.5 Å². The van der Waals surface area contributed by atoms with E-state index in [0.717, 1.165) is 32.7 Å². The molecular weight excluding hydrogens is 579 g/mol. The molecular formula is C34H43N3O4S2. The molecule has 0 aromatic heterocycles. The molecule has 3 rings (SSSR count). The number of hydrogen-bond acceptors (Lipinski definition) is 6. The normalized spacial score (nSPS) is 12.4. The molecule has 0 spiro atoms. The maximum atomic E-state index is 13.7. The Labute approximate surface area is 264 Å². The van der Waals surface area contributed by atoms with E-state index < -0.39 is 18.1 Å². The summed E-state index contributed by atoms with van der Waals surface area (Å²) in [4.78, 5) is 42.2. The molecule has 3 aromatic carbocycles. The van der Waals surface area contributed by atoms with Gasteiger partial charge in [-0.3, -0.25) is 14.4 Å². The van der Waals surface area contributed by atoms with Gasteiger partial charge in [0.15, 0.2) is 6.10 Å². The van der Waals surface area contributed by atoms with Crippen molar-refractivity contribution in [2.24, 2.45) is 0 Å². The van der Waals surface area contributed by atoms with Crippen molar-refractivity contribution in [2.75, 3.05) is 18.2 Å². The third-order valence-corrected chi connectivity index (χ3v) is 9.45. The summed E-state index contributed by atoms with van der Waals surface area (Å²) in [5, 5.41) is 17.4. The summed E-state index contributed by atoms with van der Waals surface area (Å²) in [5.41, 5.74) is 5.12. The average Bonchev–Trinajstić information content (AvgIpc) is 2.98. The Balaban J connectivity index is 1.73. The summed E-state index contributed by atoms with van der Waals surface area (Å²) in [5.74, 6) is -0.810. The number of nitrogens with zero attached hydrogens (tertiary/aromatic N) is 1. The van der Waals surface area contributed by atoms with E-state index in [2.05, 4.69) is 10.6 Å². The molecule has 0 saturated carbocycles. The summed E-state index contributed by atoms with van der Waals surface area (Å²) in [6.45, 7) is 10.2. The Hall–Kier alpha value is -3.27. The van der Waals surface area contributed by atoms with Crippen molar-refractivity contribution in [3.63, 3.8) is 0 Å². The number of nitrogens with one attached hydrogen (secondary N) is 2. The number of thioether (sulfide) groups is 2. The second-order valence-electron chi connectivity index (χ2n) is 10.9. The summed E-state index contributed by atoms with van der Waals surface area (Å²) >= 11 is 2.94. The van der Waals surface area contributed by atoms with Crippen LogP contribution in [0, 0.1) is 20.8 Å². The van der Waals surface area contributed by atoms with Crippen molar-refractivity contribution in [2.45, 2.75) is 69.9 Å². The molecule has 7 nitrogen and oxygen atoms in total. The second-order valence-corrected chi connectivity index (χ2v) is 13.4. The zero-order valence-corrected chi connectivity index (χ0v) is 27.3. The van der Waals surface area contributed by atoms with Gasteiger partial charge >= 0.3 is 0 Å². The molecule has 0 aliphatic carbocycles. The van der Waals surface area contributed by atoms with Gasteiger partial charge in [-0.1, -0.05) is 86.6 Å². The number of rotatable bonds is 15. The van der Waals surface area contributed by atoms with Crippen molar-refractivity contribution >= 4 is 41.2 Å². The maximum absolute atomic E-state index is 13.7.